The number of benzene rings is 2. The zero-order valence-corrected chi connectivity index (χ0v) is 16.8. The van der Waals surface area contributed by atoms with Crippen LogP contribution in [0.1, 0.15) is 36.6 Å². The Hall–Kier alpha value is -1.40. The van der Waals surface area contributed by atoms with Gasteiger partial charge in [0, 0.05) is 11.6 Å². The van der Waals surface area contributed by atoms with Crippen LogP contribution in [0.3, 0.4) is 0 Å². The number of aryl methyl sites for hydroxylation is 1. The summed E-state index contributed by atoms with van der Waals surface area (Å²) in [5, 5.41) is 0.616. The van der Waals surface area contributed by atoms with Gasteiger partial charge in [0.2, 0.25) is 10.0 Å². The third-order valence-electron chi connectivity index (χ3n) is 4.63. The molecular formula is C20H24ClNO3S. The van der Waals surface area contributed by atoms with Crippen molar-refractivity contribution in [2.24, 2.45) is 0 Å². The van der Waals surface area contributed by atoms with Crippen molar-refractivity contribution in [2.75, 3.05) is 13.2 Å². The Balaban J connectivity index is 1.87. The predicted molar refractivity (Wildman–Crippen MR) is 105 cm³/mol. The molecule has 0 amide bonds. The van der Waals surface area contributed by atoms with Gasteiger partial charge in [-0.15, -0.1) is 0 Å². The first-order valence-electron chi connectivity index (χ1n) is 8.60. The highest BCUT2D eigenvalue weighted by Crippen LogP contribution is 2.34. The highest BCUT2D eigenvalue weighted by Gasteiger charge is 2.42. The zero-order chi connectivity index (χ0) is 18.9. The van der Waals surface area contributed by atoms with Crippen molar-refractivity contribution in [3.05, 3.63) is 70.2 Å². The van der Waals surface area contributed by atoms with Crippen LogP contribution >= 0.6 is 11.6 Å². The van der Waals surface area contributed by atoms with Gasteiger partial charge in [0.05, 0.1) is 24.0 Å². The van der Waals surface area contributed by atoms with Gasteiger partial charge in [0.15, 0.2) is 0 Å². The van der Waals surface area contributed by atoms with E-state index in [4.69, 9.17) is 16.3 Å². The van der Waals surface area contributed by atoms with Crippen molar-refractivity contribution in [1.29, 1.82) is 0 Å². The maximum absolute atomic E-state index is 13.2. The van der Waals surface area contributed by atoms with Gasteiger partial charge in [-0.25, -0.2) is 8.42 Å². The van der Waals surface area contributed by atoms with E-state index in [0.29, 0.717) is 11.6 Å². The second-order valence-corrected chi connectivity index (χ2v) is 9.77. The first kappa shape index (κ1) is 19.4. The summed E-state index contributed by atoms with van der Waals surface area (Å²) >= 11 is 6.08. The second kappa shape index (κ2) is 7.31. The molecular weight excluding hydrogens is 370 g/mol. The topological polar surface area (TPSA) is 46.6 Å². The number of nitrogens with zero attached hydrogens (tertiary/aromatic N) is 1. The molecule has 0 aromatic heterocycles. The van der Waals surface area contributed by atoms with Gasteiger partial charge in [-0.1, -0.05) is 53.6 Å². The molecule has 4 nitrogen and oxygen atoms in total. The fraction of sp³-hybridized carbons (Fsp3) is 0.400. The van der Waals surface area contributed by atoms with Crippen LogP contribution in [0.2, 0.25) is 5.02 Å². The van der Waals surface area contributed by atoms with Gasteiger partial charge in [-0.05, 0) is 44.0 Å². The monoisotopic (exact) mass is 393 g/mol. The van der Waals surface area contributed by atoms with E-state index in [0.717, 1.165) is 16.7 Å². The molecule has 1 atom stereocenters. The Morgan fingerprint density at radius 3 is 2.62 bits per heavy atom. The SMILES string of the molecule is Cc1cccc(CS(=O)(=O)N2CC(c3cccc(Cl)c3)OCC2(C)C)c1. The predicted octanol–water partition coefficient (Wildman–Crippen LogP) is 4.33. The molecule has 3 rings (SSSR count). The molecule has 6 heteroatoms. The normalized spacial score (nSPS) is 20.8. The quantitative estimate of drug-likeness (QED) is 0.776. The molecule has 2 aromatic rings. The van der Waals surface area contributed by atoms with E-state index in [1.54, 1.807) is 10.4 Å². The molecule has 1 fully saturated rings. The average molecular weight is 394 g/mol. The van der Waals surface area contributed by atoms with Gasteiger partial charge < -0.3 is 4.74 Å². The van der Waals surface area contributed by atoms with Gasteiger partial charge in [-0.2, -0.15) is 4.31 Å². The third-order valence-corrected chi connectivity index (χ3v) is 6.88. The van der Waals surface area contributed by atoms with E-state index >= 15 is 0 Å². The van der Waals surface area contributed by atoms with Crippen molar-refractivity contribution < 1.29 is 13.2 Å². The highest BCUT2D eigenvalue weighted by atomic mass is 35.5. The molecule has 1 aliphatic heterocycles. The number of hydrogen-bond donors (Lipinski definition) is 0. The van der Waals surface area contributed by atoms with Crippen LogP contribution in [0.25, 0.3) is 0 Å². The molecule has 1 aliphatic rings. The molecule has 0 radical (unpaired) electrons. The Morgan fingerprint density at radius 2 is 1.92 bits per heavy atom. The molecule has 1 heterocycles. The van der Waals surface area contributed by atoms with E-state index in [1.807, 2.05) is 63.2 Å². The van der Waals surface area contributed by atoms with E-state index in [-0.39, 0.29) is 18.4 Å². The van der Waals surface area contributed by atoms with Gasteiger partial charge in [-0.3, -0.25) is 0 Å². The zero-order valence-electron chi connectivity index (χ0n) is 15.3. The Kier molecular flexibility index (Phi) is 5.45. The summed E-state index contributed by atoms with van der Waals surface area (Å²) in [6.45, 7) is 6.37. The Morgan fingerprint density at radius 1 is 1.19 bits per heavy atom. The van der Waals surface area contributed by atoms with Crippen LogP contribution in [0.4, 0.5) is 0 Å². The van der Waals surface area contributed by atoms with Crippen LogP contribution < -0.4 is 0 Å². The first-order valence-corrected chi connectivity index (χ1v) is 10.6. The summed E-state index contributed by atoms with van der Waals surface area (Å²) in [6, 6.07) is 15.0. The molecule has 0 N–H and O–H groups in total. The molecule has 1 saturated heterocycles. The third kappa shape index (κ3) is 4.29. The second-order valence-electron chi connectivity index (χ2n) is 7.44. The number of ether oxygens (including phenoxy) is 1. The standard InChI is InChI=1S/C20H24ClNO3S/c1-15-6-4-7-16(10-15)13-26(23,24)22-12-19(25-14-20(22,2)3)17-8-5-9-18(21)11-17/h4-11,19H,12-14H2,1-3H3. The molecule has 140 valence electrons. The van der Waals surface area contributed by atoms with Gasteiger partial charge in [0.1, 0.15) is 0 Å². The maximum atomic E-state index is 13.2. The minimum absolute atomic E-state index is 0.0135. The van der Waals surface area contributed by atoms with E-state index in [1.165, 1.54) is 0 Å². The molecule has 2 aromatic carbocycles. The summed E-state index contributed by atoms with van der Waals surface area (Å²) in [5.74, 6) is -0.0135. The summed E-state index contributed by atoms with van der Waals surface area (Å²) < 4.78 is 33.9. The van der Waals surface area contributed by atoms with Crippen molar-refractivity contribution >= 4 is 21.6 Å². The minimum Gasteiger partial charge on any atom is -0.370 e. The number of halogens is 1. The number of rotatable bonds is 4. The van der Waals surface area contributed by atoms with Crippen LogP contribution in [0, 0.1) is 6.92 Å². The Labute approximate surface area is 160 Å². The van der Waals surface area contributed by atoms with Crippen LogP contribution in [0.5, 0.6) is 0 Å². The lowest BCUT2D eigenvalue weighted by Gasteiger charge is -2.44. The van der Waals surface area contributed by atoms with Gasteiger partial charge in [0.25, 0.3) is 0 Å². The number of hydrogen-bond acceptors (Lipinski definition) is 3. The minimum atomic E-state index is -3.49. The van der Waals surface area contributed by atoms with E-state index < -0.39 is 15.6 Å². The van der Waals surface area contributed by atoms with Crippen molar-refractivity contribution in [3.8, 4) is 0 Å². The summed E-state index contributed by atoms with van der Waals surface area (Å²) in [7, 11) is -3.49. The smallest absolute Gasteiger partial charge is 0.218 e. The van der Waals surface area contributed by atoms with Crippen LogP contribution in [-0.4, -0.2) is 31.4 Å². The Bertz CT molecular complexity index is 895. The lowest BCUT2D eigenvalue weighted by molar-refractivity contribution is -0.0655. The highest BCUT2D eigenvalue weighted by molar-refractivity contribution is 7.88. The molecule has 1 unspecified atom stereocenters. The fourth-order valence-corrected chi connectivity index (χ4v) is 5.44. The number of morpholine rings is 1. The summed E-state index contributed by atoms with van der Waals surface area (Å²) in [6.07, 6.45) is -0.325. The lowest BCUT2D eigenvalue weighted by Crippen LogP contribution is -2.56. The summed E-state index contributed by atoms with van der Waals surface area (Å²) in [5.41, 5.74) is 2.14. The largest absolute Gasteiger partial charge is 0.370 e. The molecule has 0 spiro atoms. The van der Waals surface area contributed by atoms with Crippen molar-refractivity contribution in [3.63, 3.8) is 0 Å². The summed E-state index contributed by atoms with van der Waals surface area (Å²) in [4.78, 5) is 0. The van der Waals surface area contributed by atoms with Gasteiger partial charge >= 0.3 is 0 Å². The number of sulfonamides is 1. The van der Waals surface area contributed by atoms with E-state index in [9.17, 15) is 8.42 Å². The average Bonchev–Trinajstić information content (AvgIpc) is 2.54. The lowest BCUT2D eigenvalue weighted by atomic mass is 10.0. The maximum Gasteiger partial charge on any atom is 0.218 e. The molecule has 0 saturated carbocycles. The fourth-order valence-electron chi connectivity index (χ4n) is 3.32. The molecule has 0 bridgehead atoms. The van der Waals surface area contributed by atoms with E-state index in [2.05, 4.69) is 0 Å². The van der Waals surface area contributed by atoms with Crippen molar-refractivity contribution in [2.45, 2.75) is 38.2 Å². The van der Waals surface area contributed by atoms with Crippen molar-refractivity contribution in [1.82, 2.24) is 4.31 Å². The van der Waals surface area contributed by atoms with Crippen LogP contribution in [0.15, 0.2) is 48.5 Å². The molecule has 0 aliphatic carbocycles. The molecule has 26 heavy (non-hydrogen) atoms. The first-order chi connectivity index (χ1) is 12.2. The van der Waals surface area contributed by atoms with Crippen LogP contribution in [-0.2, 0) is 20.5 Å².